The molecular weight excluding hydrogens is 260 g/mol. The van der Waals surface area contributed by atoms with Crippen LogP contribution in [0.2, 0.25) is 0 Å². The number of aromatic nitrogens is 5. The van der Waals surface area contributed by atoms with Crippen molar-refractivity contribution in [2.45, 2.75) is 26.1 Å². The van der Waals surface area contributed by atoms with E-state index >= 15 is 0 Å². The molecule has 20 heavy (non-hydrogen) atoms. The van der Waals surface area contributed by atoms with E-state index < -0.39 is 5.97 Å². The van der Waals surface area contributed by atoms with Gasteiger partial charge in [-0.3, -0.25) is 4.90 Å². The molecule has 8 heteroatoms. The molecule has 2 aromatic rings. The quantitative estimate of drug-likeness (QED) is 0.842. The highest BCUT2D eigenvalue weighted by Crippen LogP contribution is 2.22. The van der Waals surface area contributed by atoms with Crippen LogP contribution in [0.1, 0.15) is 29.3 Å². The third-order valence-corrected chi connectivity index (χ3v) is 3.55. The number of rotatable bonds is 5. The summed E-state index contributed by atoms with van der Waals surface area (Å²) < 4.78 is 3.75. The molecule has 2 aromatic heterocycles. The second kappa shape index (κ2) is 5.04. The number of carboxylic acid groups (broad SMARTS) is 1. The van der Waals surface area contributed by atoms with E-state index in [9.17, 15) is 4.79 Å². The first-order valence-electron chi connectivity index (χ1n) is 6.55. The minimum Gasteiger partial charge on any atom is -0.476 e. The van der Waals surface area contributed by atoms with Gasteiger partial charge in [-0.25, -0.2) is 14.5 Å². The molecule has 0 spiro atoms. The van der Waals surface area contributed by atoms with E-state index in [2.05, 4.69) is 31.7 Å². The average Bonchev–Trinajstić information content (AvgIpc) is 3.01. The van der Waals surface area contributed by atoms with E-state index in [4.69, 9.17) is 5.11 Å². The van der Waals surface area contributed by atoms with Crippen molar-refractivity contribution in [2.24, 2.45) is 0 Å². The molecule has 0 unspecified atom stereocenters. The topological polar surface area (TPSA) is 89.1 Å². The number of aromatic carboxylic acids is 1. The molecule has 1 aliphatic heterocycles. The summed E-state index contributed by atoms with van der Waals surface area (Å²) in [5.74, 6) is 0.00756. The molecule has 0 amide bonds. The molecule has 0 saturated carbocycles. The van der Waals surface area contributed by atoms with Crippen LogP contribution in [-0.4, -0.2) is 53.6 Å². The van der Waals surface area contributed by atoms with Gasteiger partial charge >= 0.3 is 5.97 Å². The highest BCUT2D eigenvalue weighted by atomic mass is 16.4. The van der Waals surface area contributed by atoms with E-state index in [-0.39, 0.29) is 11.7 Å². The van der Waals surface area contributed by atoms with Crippen molar-refractivity contribution in [3.05, 3.63) is 30.1 Å². The second-order valence-electron chi connectivity index (χ2n) is 4.87. The van der Waals surface area contributed by atoms with Gasteiger partial charge in [0, 0.05) is 32.0 Å². The second-order valence-corrected chi connectivity index (χ2v) is 4.87. The molecular formula is C12H16N6O2. The molecule has 1 N–H and O–H groups in total. The number of carbonyl (C=O) groups is 1. The SMILES string of the molecule is CCn1ccnc1CN1CC(n2cc(C(=O)O)nn2)C1. The Hall–Kier alpha value is -2.22. The molecule has 0 atom stereocenters. The van der Waals surface area contributed by atoms with Crippen LogP contribution >= 0.6 is 0 Å². The summed E-state index contributed by atoms with van der Waals surface area (Å²) in [6.07, 6.45) is 5.27. The zero-order valence-electron chi connectivity index (χ0n) is 11.2. The van der Waals surface area contributed by atoms with Crippen LogP contribution in [-0.2, 0) is 13.1 Å². The fourth-order valence-corrected chi connectivity index (χ4v) is 2.37. The van der Waals surface area contributed by atoms with Crippen LogP contribution in [0.15, 0.2) is 18.6 Å². The Morgan fingerprint density at radius 1 is 1.50 bits per heavy atom. The maximum absolute atomic E-state index is 10.8. The molecule has 8 nitrogen and oxygen atoms in total. The third-order valence-electron chi connectivity index (χ3n) is 3.55. The Kier molecular flexibility index (Phi) is 3.23. The molecule has 3 rings (SSSR count). The maximum Gasteiger partial charge on any atom is 0.358 e. The van der Waals surface area contributed by atoms with Gasteiger partial charge in [-0.1, -0.05) is 5.21 Å². The zero-order chi connectivity index (χ0) is 14.1. The Morgan fingerprint density at radius 3 is 2.95 bits per heavy atom. The Bertz CT molecular complexity index is 613. The van der Waals surface area contributed by atoms with E-state index in [1.54, 1.807) is 4.68 Å². The van der Waals surface area contributed by atoms with Gasteiger partial charge in [0.15, 0.2) is 5.69 Å². The minimum atomic E-state index is -1.04. The fourth-order valence-electron chi connectivity index (χ4n) is 2.37. The van der Waals surface area contributed by atoms with Crippen molar-refractivity contribution in [3.8, 4) is 0 Å². The summed E-state index contributed by atoms with van der Waals surface area (Å²) in [7, 11) is 0. The van der Waals surface area contributed by atoms with Crippen LogP contribution in [0.5, 0.6) is 0 Å². The standard InChI is InChI=1S/C12H16N6O2/c1-2-17-4-3-13-11(17)8-16-5-9(6-16)18-7-10(12(19)20)14-15-18/h3-4,7,9H,2,5-6,8H2,1H3,(H,19,20). The number of aryl methyl sites for hydroxylation is 1. The van der Waals surface area contributed by atoms with Crippen molar-refractivity contribution in [2.75, 3.05) is 13.1 Å². The smallest absolute Gasteiger partial charge is 0.358 e. The summed E-state index contributed by atoms with van der Waals surface area (Å²) in [5.41, 5.74) is -0.00928. The molecule has 3 heterocycles. The van der Waals surface area contributed by atoms with Gasteiger partial charge in [0.1, 0.15) is 5.82 Å². The van der Waals surface area contributed by atoms with Gasteiger partial charge in [-0.2, -0.15) is 0 Å². The Morgan fingerprint density at radius 2 is 2.30 bits per heavy atom. The van der Waals surface area contributed by atoms with Crippen LogP contribution in [0.25, 0.3) is 0 Å². The molecule has 1 saturated heterocycles. The lowest BCUT2D eigenvalue weighted by atomic mass is 10.1. The summed E-state index contributed by atoms with van der Waals surface area (Å²) in [6, 6.07) is 0.195. The van der Waals surface area contributed by atoms with E-state index in [0.717, 1.165) is 32.0 Å². The number of hydrogen-bond donors (Lipinski definition) is 1. The minimum absolute atomic E-state index is 0.00928. The summed E-state index contributed by atoms with van der Waals surface area (Å²) >= 11 is 0. The highest BCUT2D eigenvalue weighted by Gasteiger charge is 2.30. The van der Waals surface area contributed by atoms with Crippen LogP contribution in [0, 0.1) is 0 Å². The lowest BCUT2D eigenvalue weighted by Crippen LogP contribution is -2.47. The van der Waals surface area contributed by atoms with E-state index in [0.29, 0.717) is 0 Å². The van der Waals surface area contributed by atoms with Crippen LogP contribution in [0.4, 0.5) is 0 Å². The molecule has 0 bridgehead atoms. The lowest BCUT2D eigenvalue weighted by molar-refractivity contribution is 0.0689. The fraction of sp³-hybridized carbons (Fsp3) is 0.500. The summed E-state index contributed by atoms with van der Waals surface area (Å²) in [4.78, 5) is 17.3. The van der Waals surface area contributed by atoms with Crippen LogP contribution < -0.4 is 0 Å². The van der Waals surface area contributed by atoms with Gasteiger partial charge in [0.25, 0.3) is 0 Å². The summed E-state index contributed by atoms with van der Waals surface area (Å²) in [5, 5.41) is 16.3. The number of nitrogens with zero attached hydrogens (tertiary/aromatic N) is 6. The first-order chi connectivity index (χ1) is 9.67. The maximum atomic E-state index is 10.8. The summed E-state index contributed by atoms with van der Waals surface area (Å²) in [6.45, 7) is 5.47. The molecule has 0 aliphatic carbocycles. The van der Waals surface area contributed by atoms with Gasteiger partial charge in [-0.05, 0) is 6.92 Å². The first kappa shape index (κ1) is 12.8. The number of hydrogen-bond acceptors (Lipinski definition) is 5. The number of imidazole rings is 1. The van der Waals surface area contributed by atoms with Crippen molar-refractivity contribution in [1.29, 1.82) is 0 Å². The normalized spacial score (nSPS) is 16.2. The van der Waals surface area contributed by atoms with E-state index in [1.165, 1.54) is 6.20 Å². The van der Waals surface area contributed by atoms with Crippen LogP contribution in [0.3, 0.4) is 0 Å². The van der Waals surface area contributed by atoms with E-state index in [1.807, 2.05) is 12.4 Å². The van der Waals surface area contributed by atoms with Crippen molar-refractivity contribution in [3.63, 3.8) is 0 Å². The monoisotopic (exact) mass is 276 g/mol. The number of likely N-dealkylation sites (tertiary alicyclic amines) is 1. The predicted molar refractivity (Wildman–Crippen MR) is 69.2 cm³/mol. The predicted octanol–water partition coefficient (Wildman–Crippen LogP) is 0.250. The van der Waals surface area contributed by atoms with Crippen molar-refractivity contribution in [1.82, 2.24) is 29.4 Å². The third kappa shape index (κ3) is 2.29. The largest absolute Gasteiger partial charge is 0.476 e. The molecule has 1 aliphatic rings. The molecule has 106 valence electrons. The van der Waals surface area contributed by atoms with Crippen molar-refractivity contribution < 1.29 is 9.90 Å². The van der Waals surface area contributed by atoms with Crippen molar-refractivity contribution >= 4 is 5.97 Å². The molecule has 1 fully saturated rings. The molecule has 0 radical (unpaired) electrons. The lowest BCUT2D eigenvalue weighted by Gasteiger charge is -2.38. The van der Waals surface area contributed by atoms with Gasteiger partial charge in [0.05, 0.1) is 18.8 Å². The highest BCUT2D eigenvalue weighted by molar-refractivity contribution is 5.84. The molecule has 0 aromatic carbocycles. The first-order valence-corrected chi connectivity index (χ1v) is 6.55. The zero-order valence-corrected chi connectivity index (χ0v) is 11.2. The van der Waals surface area contributed by atoms with Gasteiger partial charge in [0.2, 0.25) is 0 Å². The Balaban J connectivity index is 1.57. The Labute approximate surface area is 115 Å². The number of carboxylic acids is 1. The average molecular weight is 276 g/mol. The van der Waals surface area contributed by atoms with Gasteiger partial charge < -0.3 is 9.67 Å². The van der Waals surface area contributed by atoms with Gasteiger partial charge in [-0.15, -0.1) is 5.10 Å².